The smallest absolute Gasteiger partial charge is 0.301 e. The number of alkyl halides is 2. The van der Waals surface area contributed by atoms with Crippen molar-refractivity contribution in [2.75, 3.05) is 38.1 Å². The van der Waals surface area contributed by atoms with E-state index in [4.69, 9.17) is 27.9 Å². The van der Waals surface area contributed by atoms with Gasteiger partial charge in [-0.05, 0) is 62.2 Å². The molecule has 19 heteroatoms. The molecule has 15 nitrogen and oxygen atoms in total. The van der Waals surface area contributed by atoms with Crippen molar-refractivity contribution in [3.63, 3.8) is 0 Å². The number of nitro benzene ring substituents is 2. The lowest BCUT2D eigenvalue weighted by atomic mass is 9.56. The first kappa shape index (κ1) is 35.0. The Balaban J connectivity index is 1.55. The van der Waals surface area contributed by atoms with E-state index in [-0.39, 0.29) is 50.2 Å². The van der Waals surface area contributed by atoms with Crippen molar-refractivity contribution in [2.45, 2.75) is 28.5 Å². The summed E-state index contributed by atoms with van der Waals surface area (Å²) in [5.41, 5.74) is -1.37. The second kappa shape index (κ2) is 11.6. The number of fused-ring (bicyclic) bond motifs is 4. The van der Waals surface area contributed by atoms with Crippen molar-refractivity contribution in [3.05, 3.63) is 64.6 Å². The van der Waals surface area contributed by atoms with E-state index >= 15 is 0 Å². The third kappa shape index (κ3) is 4.57. The van der Waals surface area contributed by atoms with Crippen LogP contribution in [0.5, 0.6) is 11.5 Å². The molecular weight excluding hydrogens is 821 g/mol. The number of amides is 4. The minimum Gasteiger partial charge on any atom is -0.503 e. The maximum Gasteiger partial charge on any atom is 0.301 e. The first-order valence-electron chi connectivity index (χ1n) is 14.5. The molecule has 2 heterocycles. The summed E-state index contributed by atoms with van der Waals surface area (Å²) in [4.78, 5) is 76.9. The molecule has 258 valence electrons. The van der Waals surface area contributed by atoms with Gasteiger partial charge >= 0.3 is 11.4 Å². The van der Waals surface area contributed by atoms with Gasteiger partial charge in [-0.2, -0.15) is 0 Å². The van der Waals surface area contributed by atoms with Gasteiger partial charge in [0.25, 0.3) is 11.8 Å². The lowest BCUT2D eigenvalue weighted by molar-refractivity contribution is -0.392. The number of nitro groups is 2. The van der Waals surface area contributed by atoms with E-state index in [0.29, 0.717) is 10.5 Å². The highest BCUT2D eigenvalue weighted by molar-refractivity contribution is 9.13. The van der Waals surface area contributed by atoms with Crippen LogP contribution in [0.3, 0.4) is 0 Å². The van der Waals surface area contributed by atoms with E-state index in [0.717, 1.165) is 17.0 Å². The number of halogens is 4. The number of phenols is 1. The predicted molar refractivity (Wildman–Crippen MR) is 182 cm³/mol. The summed E-state index contributed by atoms with van der Waals surface area (Å²) in [7, 11) is 5.31. The first-order chi connectivity index (χ1) is 22.8. The molecule has 0 aromatic heterocycles. The first-order valence-corrected chi connectivity index (χ1v) is 16.9. The van der Waals surface area contributed by atoms with Crippen LogP contribution in [0.2, 0.25) is 0 Å². The fourth-order valence-electron chi connectivity index (χ4n) is 7.78. The number of rotatable bonds is 6. The van der Waals surface area contributed by atoms with Crippen molar-refractivity contribution < 1.29 is 38.9 Å². The van der Waals surface area contributed by atoms with Crippen molar-refractivity contribution >= 4 is 101 Å². The molecule has 1 saturated carbocycles. The van der Waals surface area contributed by atoms with Crippen molar-refractivity contribution in [1.82, 2.24) is 4.90 Å². The van der Waals surface area contributed by atoms with E-state index < -0.39 is 78.3 Å². The number of carbonyl (C=O) groups is 4. The molecule has 0 spiro atoms. The fourth-order valence-corrected chi connectivity index (χ4v) is 9.74. The summed E-state index contributed by atoms with van der Waals surface area (Å²) < 4.78 is 5.76. The molecule has 0 bridgehead atoms. The van der Waals surface area contributed by atoms with Crippen LogP contribution in [-0.4, -0.2) is 81.5 Å². The van der Waals surface area contributed by atoms with E-state index in [1.54, 1.807) is 6.08 Å². The third-order valence-electron chi connectivity index (χ3n) is 9.87. The van der Waals surface area contributed by atoms with Crippen LogP contribution in [0.1, 0.15) is 24.3 Å². The topological polar surface area (TPSA) is 194 Å². The summed E-state index contributed by atoms with van der Waals surface area (Å²) in [6.07, 6.45) is 1.29. The number of nitrogens with zero attached hydrogens (tertiary/aromatic N) is 5. The maximum absolute atomic E-state index is 14.4. The third-order valence-corrected chi connectivity index (χ3v) is 13.4. The number of hydrogen-bond acceptors (Lipinski definition) is 11. The molecule has 4 amide bonds. The summed E-state index contributed by atoms with van der Waals surface area (Å²) in [5.74, 6) is -7.86. The number of phenolic OH excluding ortho intramolecular Hbond substituents is 1. The molecule has 2 aromatic carbocycles. The highest BCUT2D eigenvalue weighted by atomic mass is 79.9. The Morgan fingerprint density at radius 2 is 1.57 bits per heavy atom. The molecule has 6 rings (SSSR count). The van der Waals surface area contributed by atoms with Gasteiger partial charge in [0.05, 0.1) is 39.0 Å². The van der Waals surface area contributed by atoms with Gasteiger partial charge in [-0.3, -0.25) is 44.3 Å². The number of benzene rings is 2. The van der Waals surface area contributed by atoms with Crippen LogP contribution in [0.15, 0.2) is 38.8 Å². The lowest BCUT2D eigenvalue weighted by Gasteiger charge is -2.51. The minimum absolute atomic E-state index is 0.00490. The molecule has 6 atom stereocenters. The number of likely N-dealkylation sites (tertiary alicyclic amines) is 1. The Morgan fingerprint density at radius 3 is 2.10 bits per heavy atom. The summed E-state index contributed by atoms with van der Waals surface area (Å²) >= 11 is 21.2. The Labute approximate surface area is 304 Å². The summed E-state index contributed by atoms with van der Waals surface area (Å²) in [6.45, 7) is 0. The summed E-state index contributed by atoms with van der Waals surface area (Å²) in [6, 6.07) is 3.30. The standard InChI is InChI=1S/C30H25Br2Cl2N5O10/c1-35(2)23-16(38(45)46)7-11(8-17(23)39(47)48)37-25(41)13-6-5-12-15(19(13)26(37)42)10-29(33)27(43)36(3)28(44)30(29,34)20(12)14-9-18(49-4)24(40)22(32)21(14)31/h5,7-9,13,15,19-20,40H,6,10H2,1-4H3. The second-order valence-electron chi connectivity index (χ2n) is 12.4. The number of anilines is 2. The normalized spacial score (nSPS) is 29.0. The number of methoxy groups -OCH3 is 1. The van der Waals surface area contributed by atoms with Crippen LogP contribution < -0.4 is 14.5 Å². The van der Waals surface area contributed by atoms with Crippen LogP contribution in [0.25, 0.3) is 0 Å². The molecule has 6 unspecified atom stereocenters. The Hall–Kier alpha value is -3.80. The molecular formula is C30H25Br2Cl2N5O10. The average molecular weight is 846 g/mol. The van der Waals surface area contributed by atoms with Crippen LogP contribution in [0, 0.1) is 38.0 Å². The largest absolute Gasteiger partial charge is 0.503 e. The van der Waals surface area contributed by atoms with Gasteiger partial charge in [0.1, 0.15) is 0 Å². The average Bonchev–Trinajstić information content (AvgIpc) is 3.38. The minimum atomic E-state index is -2.13. The van der Waals surface area contributed by atoms with Gasteiger partial charge < -0.3 is 14.7 Å². The zero-order valence-corrected chi connectivity index (χ0v) is 30.6. The molecule has 2 aliphatic heterocycles. The second-order valence-corrected chi connectivity index (χ2v) is 15.2. The SMILES string of the molecule is COc1cc(C2C3=CCC4C(=O)N(c5cc([N+](=O)[O-])c(N(C)C)c([N+](=O)[O-])c5)C(=O)C4C3CC3(Cl)C(=O)N(C)C(=O)C23Cl)c(Br)c(Br)c1O. The monoisotopic (exact) mass is 843 g/mol. The van der Waals surface area contributed by atoms with Crippen LogP contribution in [-0.2, 0) is 19.2 Å². The highest BCUT2D eigenvalue weighted by Crippen LogP contribution is 2.66. The molecule has 1 N–H and O–H groups in total. The number of hydrogen-bond donors (Lipinski definition) is 1. The lowest BCUT2D eigenvalue weighted by Crippen LogP contribution is -2.60. The van der Waals surface area contributed by atoms with Crippen molar-refractivity contribution in [2.24, 2.45) is 17.8 Å². The zero-order valence-electron chi connectivity index (χ0n) is 25.9. The van der Waals surface area contributed by atoms with Crippen molar-refractivity contribution in [3.8, 4) is 11.5 Å². The number of allylic oxidation sites excluding steroid dienone is 2. The van der Waals surface area contributed by atoms with E-state index in [1.165, 1.54) is 39.2 Å². The number of imide groups is 2. The van der Waals surface area contributed by atoms with E-state index in [1.807, 2.05) is 0 Å². The molecule has 49 heavy (non-hydrogen) atoms. The number of ether oxygens (including phenoxy) is 1. The number of carbonyl (C=O) groups excluding carboxylic acids is 4. The molecule has 2 aliphatic carbocycles. The van der Waals surface area contributed by atoms with E-state index in [2.05, 4.69) is 31.9 Å². The van der Waals surface area contributed by atoms with Gasteiger partial charge in [-0.25, -0.2) is 4.90 Å². The van der Waals surface area contributed by atoms with Gasteiger partial charge in [-0.1, -0.05) is 11.6 Å². The quantitative estimate of drug-likeness (QED) is 0.135. The molecule has 3 fully saturated rings. The zero-order chi connectivity index (χ0) is 36.2. The Morgan fingerprint density at radius 1 is 0.980 bits per heavy atom. The molecule has 0 radical (unpaired) electrons. The highest BCUT2D eigenvalue weighted by Gasteiger charge is 2.76. The maximum atomic E-state index is 14.4. The predicted octanol–water partition coefficient (Wildman–Crippen LogP) is 5.00. The Bertz CT molecular complexity index is 1940. The number of aromatic hydroxyl groups is 1. The molecule has 2 saturated heterocycles. The Kier molecular flexibility index (Phi) is 8.32. The van der Waals surface area contributed by atoms with Gasteiger partial charge in [-0.15, -0.1) is 23.2 Å². The van der Waals surface area contributed by atoms with Gasteiger partial charge in [0.15, 0.2) is 26.9 Å². The van der Waals surface area contributed by atoms with Crippen LogP contribution in [0.4, 0.5) is 22.7 Å². The van der Waals surface area contributed by atoms with Crippen molar-refractivity contribution in [1.29, 1.82) is 0 Å². The van der Waals surface area contributed by atoms with Crippen LogP contribution >= 0.6 is 55.1 Å². The molecule has 4 aliphatic rings. The van der Waals surface area contributed by atoms with Gasteiger partial charge in [0, 0.05) is 43.7 Å². The van der Waals surface area contributed by atoms with Gasteiger partial charge in [0.2, 0.25) is 11.8 Å². The van der Waals surface area contributed by atoms with E-state index in [9.17, 15) is 44.5 Å². The molecule has 2 aromatic rings. The fraction of sp³-hybridized carbons (Fsp3) is 0.400. The summed E-state index contributed by atoms with van der Waals surface area (Å²) in [5, 5.41) is 34.8.